The molecular weight excluding hydrogens is 254 g/mol. The third-order valence-corrected chi connectivity index (χ3v) is 3.20. The monoisotopic (exact) mass is 275 g/mol. The summed E-state index contributed by atoms with van der Waals surface area (Å²) in [5, 5.41) is 13.2. The molecule has 1 heterocycles. The van der Waals surface area contributed by atoms with Crippen molar-refractivity contribution in [3.8, 4) is 0 Å². The van der Waals surface area contributed by atoms with E-state index in [0.717, 1.165) is 5.69 Å². The Bertz CT molecular complexity index is 601. The third-order valence-electron chi connectivity index (χ3n) is 3.20. The molecule has 0 spiro atoms. The lowest BCUT2D eigenvalue weighted by atomic mass is 10.0. The van der Waals surface area contributed by atoms with Gasteiger partial charge in [0.15, 0.2) is 0 Å². The number of anilines is 1. The van der Waals surface area contributed by atoms with E-state index in [9.17, 15) is 9.90 Å². The Labute approximate surface area is 118 Å². The Kier molecular flexibility index (Phi) is 4.63. The van der Waals surface area contributed by atoms with Gasteiger partial charge in [0, 0.05) is 30.5 Å². The highest BCUT2D eigenvalue weighted by Gasteiger charge is 2.07. The average Bonchev–Trinajstić information content (AvgIpc) is 2.82. The molecule has 108 valence electrons. The minimum Gasteiger partial charge on any atom is -0.391 e. The summed E-state index contributed by atoms with van der Waals surface area (Å²) in [6.45, 7) is 4.74. The number of H-pyrrole nitrogens is 2. The fourth-order valence-corrected chi connectivity index (χ4v) is 2.05. The molecular formula is C15H21N3O2. The lowest BCUT2D eigenvalue weighted by Crippen LogP contribution is -2.22. The quantitative estimate of drug-likeness (QED) is 0.649. The zero-order chi connectivity index (χ0) is 14.5. The van der Waals surface area contributed by atoms with Crippen LogP contribution in [0, 0.1) is 0 Å². The van der Waals surface area contributed by atoms with Crippen molar-refractivity contribution in [3.05, 3.63) is 52.2 Å². The molecule has 1 aromatic heterocycles. The van der Waals surface area contributed by atoms with Crippen LogP contribution in [0.3, 0.4) is 0 Å². The van der Waals surface area contributed by atoms with E-state index < -0.39 is 6.10 Å². The van der Waals surface area contributed by atoms with Crippen LogP contribution in [0.25, 0.3) is 0 Å². The molecule has 0 amide bonds. The first-order valence-corrected chi connectivity index (χ1v) is 6.83. The SMILES string of the molecule is CC(C)c1cccc(NCC(O)Cc2c[nH]c(=O)[nH]2)c1. The van der Waals surface area contributed by atoms with Crippen LogP contribution in [0.4, 0.5) is 5.69 Å². The Hall–Kier alpha value is -2.01. The zero-order valence-corrected chi connectivity index (χ0v) is 11.8. The van der Waals surface area contributed by atoms with E-state index >= 15 is 0 Å². The van der Waals surface area contributed by atoms with E-state index in [1.807, 2.05) is 12.1 Å². The molecule has 0 saturated carbocycles. The average molecular weight is 275 g/mol. The number of aromatic nitrogens is 2. The molecule has 0 saturated heterocycles. The van der Waals surface area contributed by atoms with Gasteiger partial charge in [-0.2, -0.15) is 0 Å². The fourth-order valence-electron chi connectivity index (χ4n) is 2.05. The molecule has 4 N–H and O–H groups in total. The molecule has 0 bridgehead atoms. The summed E-state index contributed by atoms with van der Waals surface area (Å²) in [7, 11) is 0. The first kappa shape index (κ1) is 14.4. The van der Waals surface area contributed by atoms with Gasteiger partial charge in [0.05, 0.1) is 6.10 Å². The molecule has 0 fully saturated rings. The number of hydrogen-bond acceptors (Lipinski definition) is 3. The first-order valence-electron chi connectivity index (χ1n) is 6.83. The van der Waals surface area contributed by atoms with Gasteiger partial charge in [-0.1, -0.05) is 26.0 Å². The highest BCUT2D eigenvalue weighted by molar-refractivity contribution is 5.46. The van der Waals surface area contributed by atoms with Gasteiger partial charge in [-0.3, -0.25) is 0 Å². The predicted octanol–water partition coefficient (Wildman–Crippen LogP) is 1.84. The van der Waals surface area contributed by atoms with Gasteiger partial charge in [0.25, 0.3) is 0 Å². The van der Waals surface area contributed by atoms with Crippen LogP contribution in [0.2, 0.25) is 0 Å². The van der Waals surface area contributed by atoms with Crippen molar-refractivity contribution in [2.24, 2.45) is 0 Å². The minimum absolute atomic E-state index is 0.246. The van der Waals surface area contributed by atoms with Gasteiger partial charge in [0.2, 0.25) is 0 Å². The van der Waals surface area contributed by atoms with Gasteiger partial charge in [-0.05, 0) is 23.6 Å². The van der Waals surface area contributed by atoms with Crippen LogP contribution < -0.4 is 11.0 Å². The summed E-state index contributed by atoms with van der Waals surface area (Å²) < 4.78 is 0. The Morgan fingerprint density at radius 1 is 1.35 bits per heavy atom. The summed E-state index contributed by atoms with van der Waals surface area (Å²) in [6.07, 6.45) is 1.45. The Morgan fingerprint density at radius 3 is 2.80 bits per heavy atom. The smallest absolute Gasteiger partial charge is 0.323 e. The van der Waals surface area contributed by atoms with Crippen molar-refractivity contribution in [1.29, 1.82) is 0 Å². The first-order chi connectivity index (χ1) is 9.54. The van der Waals surface area contributed by atoms with Gasteiger partial charge < -0.3 is 20.4 Å². The maximum Gasteiger partial charge on any atom is 0.323 e. The van der Waals surface area contributed by atoms with Crippen molar-refractivity contribution >= 4 is 5.69 Å². The highest BCUT2D eigenvalue weighted by atomic mass is 16.3. The number of aliphatic hydroxyl groups excluding tert-OH is 1. The number of hydrogen-bond donors (Lipinski definition) is 4. The van der Waals surface area contributed by atoms with Crippen LogP contribution in [0.15, 0.2) is 35.3 Å². The molecule has 20 heavy (non-hydrogen) atoms. The fraction of sp³-hybridized carbons (Fsp3) is 0.400. The second-order valence-electron chi connectivity index (χ2n) is 5.29. The Balaban J connectivity index is 1.88. The molecule has 0 aliphatic heterocycles. The summed E-state index contributed by atoms with van der Waals surface area (Å²) in [5.74, 6) is 0.478. The maximum absolute atomic E-state index is 10.9. The summed E-state index contributed by atoms with van der Waals surface area (Å²) in [4.78, 5) is 16.1. The highest BCUT2D eigenvalue weighted by Crippen LogP contribution is 2.18. The lowest BCUT2D eigenvalue weighted by molar-refractivity contribution is 0.187. The van der Waals surface area contributed by atoms with Crippen LogP contribution in [0.1, 0.15) is 31.0 Å². The number of aliphatic hydroxyl groups is 1. The van der Waals surface area contributed by atoms with Crippen LogP contribution in [0.5, 0.6) is 0 Å². The molecule has 1 aromatic carbocycles. The van der Waals surface area contributed by atoms with Gasteiger partial charge in [-0.15, -0.1) is 0 Å². The summed E-state index contributed by atoms with van der Waals surface area (Å²) >= 11 is 0. The van der Waals surface area contributed by atoms with Crippen molar-refractivity contribution in [2.75, 3.05) is 11.9 Å². The van der Waals surface area contributed by atoms with E-state index in [2.05, 4.69) is 41.3 Å². The third kappa shape index (κ3) is 3.99. The molecule has 0 radical (unpaired) electrons. The number of rotatable bonds is 6. The van der Waals surface area contributed by atoms with Crippen molar-refractivity contribution in [3.63, 3.8) is 0 Å². The number of aromatic amines is 2. The van der Waals surface area contributed by atoms with Gasteiger partial charge in [0.1, 0.15) is 0 Å². The molecule has 5 nitrogen and oxygen atoms in total. The predicted molar refractivity (Wildman–Crippen MR) is 80.1 cm³/mol. The minimum atomic E-state index is -0.552. The van der Waals surface area contributed by atoms with E-state index in [4.69, 9.17) is 0 Å². The van der Waals surface area contributed by atoms with Crippen LogP contribution in [-0.4, -0.2) is 27.7 Å². The molecule has 2 rings (SSSR count). The second kappa shape index (κ2) is 6.43. The van der Waals surface area contributed by atoms with Crippen LogP contribution in [-0.2, 0) is 6.42 Å². The van der Waals surface area contributed by atoms with Gasteiger partial charge in [-0.25, -0.2) is 4.79 Å². The molecule has 1 atom stereocenters. The standard InChI is InChI=1S/C15H21N3O2/c1-10(2)11-4-3-5-12(6-11)16-9-14(19)7-13-8-17-15(20)18-13/h3-6,8,10,14,16,19H,7,9H2,1-2H3,(H2,17,18,20). The maximum atomic E-state index is 10.9. The lowest BCUT2D eigenvalue weighted by Gasteiger charge is -2.13. The molecule has 5 heteroatoms. The number of benzene rings is 1. The van der Waals surface area contributed by atoms with E-state index in [1.165, 1.54) is 5.56 Å². The van der Waals surface area contributed by atoms with Crippen LogP contribution >= 0.6 is 0 Å². The number of imidazole rings is 1. The summed E-state index contributed by atoms with van der Waals surface area (Å²) in [6, 6.07) is 8.18. The molecule has 1 unspecified atom stereocenters. The van der Waals surface area contributed by atoms with Crippen molar-refractivity contribution in [1.82, 2.24) is 9.97 Å². The molecule has 0 aliphatic rings. The molecule has 2 aromatic rings. The molecule has 0 aliphatic carbocycles. The van der Waals surface area contributed by atoms with E-state index in [0.29, 0.717) is 24.6 Å². The zero-order valence-electron chi connectivity index (χ0n) is 11.8. The van der Waals surface area contributed by atoms with E-state index in [1.54, 1.807) is 6.20 Å². The number of nitrogens with one attached hydrogen (secondary N) is 3. The Morgan fingerprint density at radius 2 is 2.15 bits per heavy atom. The second-order valence-corrected chi connectivity index (χ2v) is 5.29. The topological polar surface area (TPSA) is 80.9 Å². The largest absolute Gasteiger partial charge is 0.391 e. The van der Waals surface area contributed by atoms with E-state index in [-0.39, 0.29) is 5.69 Å². The van der Waals surface area contributed by atoms with Crippen molar-refractivity contribution < 1.29 is 5.11 Å². The van der Waals surface area contributed by atoms with Gasteiger partial charge >= 0.3 is 5.69 Å². The normalized spacial score (nSPS) is 12.6. The van der Waals surface area contributed by atoms with Crippen molar-refractivity contribution in [2.45, 2.75) is 32.3 Å². The summed E-state index contributed by atoms with van der Waals surface area (Å²) in [5.41, 5.74) is 2.72.